The van der Waals surface area contributed by atoms with Crippen molar-refractivity contribution in [3.8, 4) is 0 Å². The molecule has 0 aromatic carbocycles. The van der Waals surface area contributed by atoms with E-state index in [1.165, 1.54) is 0 Å². The molecular formula is C11H16ClN3. The second-order valence-corrected chi connectivity index (χ2v) is 4.45. The first-order chi connectivity index (χ1) is 7.17. The molecule has 0 amide bonds. The number of anilines is 1. The summed E-state index contributed by atoms with van der Waals surface area (Å²) >= 11 is 5.91. The van der Waals surface area contributed by atoms with Crippen LogP contribution in [0.25, 0.3) is 0 Å². The minimum absolute atomic E-state index is 0.105. The van der Waals surface area contributed by atoms with E-state index < -0.39 is 0 Å². The summed E-state index contributed by atoms with van der Waals surface area (Å²) in [7, 11) is 0. The molecule has 1 aliphatic carbocycles. The Morgan fingerprint density at radius 2 is 2.20 bits per heavy atom. The first kappa shape index (κ1) is 10.7. The first-order valence-electron chi connectivity index (χ1n) is 5.36. The standard InChI is InChI=1S/C11H16ClN3/c1-3-9-6-10(14-8(2)13-9)15-11(7-12)4-5-11/h6H,3-5,7H2,1-2H3,(H,13,14,15). The van der Waals surface area contributed by atoms with E-state index in [-0.39, 0.29) is 5.54 Å². The summed E-state index contributed by atoms with van der Waals surface area (Å²) in [6.07, 6.45) is 3.22. The van der Waals surface area contributed by atoms with Gasteiger partial charge in [-0.1, -0.05) is 6.92 Å². The fourth-order valence-corrected chi connectivity index (χ4v) is 1.92. The highest BCUT2D eigenvalue weighted by Crippen LogP contribution is 2.39. The second kappa shape index (κ2) is 3.97. The van der Waals surface area contributed by atoms with Crippen molar-refractivity contribution in [1.82, 2.24) is 9.97 Å². The molecule has 1 saturated carbocycles. The Kier molecular flexibility index (Phi) is 2.83. The van der Waals surface area contributed by atoms with Crippen molar-refractivity contribution in [2.45, 2.75) is 38.6 Å². The van der Waals surface area contributed by atoms with Crippen molar-refractivity contribution in [2.75, 3.05) is 11.2 Å². The number of aromatic nitrogens is 2. The van der Waals surface area contributed by atoms with Gasteiger partial charge in [-0.15, -0.1) is 11.6 Å². The summed E-state index contributed by atoms with van der Waals surface area (Å²) in [5, 5.41) is 3.41. The Morgan fingerprint density at radius 3 is 2.73 bits per heavy atom. The van der Waals surface area contributed by atoms with Gasteiger partial charge in [-0.05, 0) is 26.2 Å². The Labute approximate surface area is 95.3 Å². The molecule has 4 heteroatoms. The number of alkyl halides is 1. The van der Waals surface area contributed by atoms with E-state index in [2.05, 4.69) is 22.2 Å². The molecule has 1 heterocycles. The zero-order chi connectivity index (χ0) is 10.9. The van der Waals surface area contributed by atoms with Crippen LogP contribution in [-0.2, 0) is 6.42 Å². The van der Waals surface area contributed by atoms with Crippen molar-refractivity contribution in [3.63, 3.8) is 0 Å². The third kappa shape index (κ3) is 2.40. The zero-order valence-electron chi connectivity index (χ0n) is 9.18. The van der Waals surface area contributed by atoms with Gasteiger partial charge in [-0.25, -0.2) is 9.97 Å². The van der Waals surface area contributed by atoms with Crippen molar-refractivity contribution < 1.29 is 0 Å². The van der Waals surface area contributed by atoms with Gasteiger partial charge in [0.1, 0.15) is 11.6 Å². The largest absolute Gasteiger partial charge is 0.363 e. The van der Waals surface area contributed by atoms with E-state index in [0.717, 1.165) is 36.6 Å². The maximum atomic E-state index is 5.91. The molecule has 0 aliphatic heterocycles. The lowest BCUT2D eigenvalue weighted by Crippen LogP contribution is -2.24. The Balaban J connectivity index is 2.17. The van der Waals surface area contributed by atoms with Crippen LogP contribution in [0.5, 0.6) is 0 Å². The molecule has 0 saturated heterocycles. The van der Waals surface area contributed by atoms with Gasteiger partial charge < -0.3 is 5.32 Å². The maximum Gasteiger partial charge on any atom is 0.130 e. The summed E-state index contributed by atoms with van der Waals surface area (Å²) in [5.41, 5.74) is 1.18. The van der Waals surface area contributed by atoms with Crippen LogP contribution >= 0.6 is 11.6 Å². The fraction of sp³-hybridized carbons (Fsp3) is 0.636. The smallest absolute Gasteiger partial charge is 0.130 e. The SMILES string of the molecule is CCc1cc(NC2(CCl)CC2)nc(C)n1. The number of hydrogen-bond acceptors (Lipinski definition) is 3. The zero-order valence-corrected chi connectivity index (χ0v) is 9.93. The number of nitrogens with zero attached hydrogens (tertiary/aromatic N) is 2. The fourth-order valence-electron chi connectivity index (χ4n) is 1.59. The van der Waals surface area contributed by atoms with Crippen LogP contribution in [0.4, 0.5) is 5.82 Å². The number of aryl methyl sites for hydroxylation is 2. The molecule has 15 heavy (non-hydrogen) atoms. The minimum atomic E-state index is 0.105. The van der Waals surface area contributed by atoms with Crippen LogP contribution in [-0.4, -0.2) is 21.4 Å². The van der Waals surface area contributed by atoms with Gasteiger partial charge >= 0.3 is 0 Å². The molecule has 0 unspecified atom stereocenters. The van der Waals surface area contributed by atoms with Crippen molar-refractivity contribution >= 4 is 17.4 Å². The minimum Gasteiger partial charge on any atom is -0.363 e. The van der Waals surface area contributed by atoms with Gasteiger partial charge in [0.2, 0.25) is 0 Å². The second-order valence-electron chi connectivity index (χ2n) is 4.18. The van der Waals surface area contributed by atoms with E-state index in [1.807, 2.05) is 13.0 Å². The summed E-state index contributed by atoms with van der Waals surface area (Å²) in [6, 6.07) is 2.01. The lowest BCUT2D eigenvalue weighted by Gasteiger charge is -2.15. The Hall–Kier alpha value is -0.830. The molecule has 1 aliphatic rings. The highest BCUT2D eigenvalue weighted by molar-refractivity contribution is 6.19. The predicted molar refractivity (Wildman–Crippen MR) is 62.5 cm³/mol. The predicted octanol–water partition coefficient (Wildman–Crippen LogP) is 2.53. The van der Waals surface area contributed by atoms with Crippen LogP contribution in [0, 0.1) is 6.92 Å². The van der Waals surface area contributed by atoms with Gasteiger partial charge in [0, 0.05) is 17.6 Å². The number of nitrogens with one attached hydrogen (secondary N) is 1. The molecule has 82 valence electrons. The molecule has 0 spiro atoms. The molecule has 0 atom stereocenters. The van der Waals surface area contributed by atoms with Crippen molar-refractivity contribution in [3.05, 3.63) is 17.6 Å². The van der Waals surface area contributed by atoms with E-state index in [0.29, 0.717) is 5.88 Å². The Bertz CT molecular complexity index is 361. The maximum absolute atomic E-state index is 5.91. The molecular weight excluding hydrogens is 210 g/mol. The monoisotopic (exact) mass is 225 g/mol. The van der Waals surface area contributed by atoms with Crippen LogP contribution < -0.4 is 5.32 Å². The van der Waals surface area contributed by atoms with Crippen molar-refractivity contribution in [1.29, 1.82) is 0 Å². The molecule has 0 radical (unpaired) electrons. The molecule has 2 rings (SSSR count). The third-order valence-electron chi connectivity index (χ3n) is 2.76. The third-order valence-corrected chi connectivity index (χ3v) is 3.27. The van der Waals surface area contributed by atoms with Gasteiger partial charge in [0.25, 0.3) is 0 Å². The highest BCUT2D eigenvalue weighted by atomic mass is 35.5. The average Bonchev–Trinajstić information content (AvgIpc) is 2.97. The summed E-state index contributed by atoms with van der Waals surface area (Å²) in [4.78, 5) is 8.72. The molecule has 1 fully saturated rings. The van der Waals surface area contributed by atoms with E-state index >= 15 is 0 Å². The van der Waals surface area contributed by atoms with E-state index in [4.69, 9.17) is 11.6 Å². The highest BCUT2D eigenvalue weighted by Gasteiger charge is 2.42. The molecule has 0 bridgehead atoms. The topological polar surface area (TPSA) is 37.8 Å². The van der Waals surface area contributed by atoms with Crippen LogP contribution in [0.15, 0.2) is 6.07 Å². The number of hydrogen-bond donors (Lipinski definition) is 1. The molecule has 3 nitrogen and oxygen atoms in total. The van der Waals surface area contributed by atoms with Gasteiger partial charge in [0.05, 0.1) is 5.54 Å². The number of rotatable bonds is 4. The van der Waals surface area contributed by atoms with Crippen LogP contribution in [0.3, 0.4) is 0 Å². The summed E-state index contributed by atoms with van der Waals surface area (Å²) in [6.45, 7) is 4.02. The first-order valence-corrected chi connectivity index (χ1v) is 5.89. The normalized spacial score (nSPS) is 17.5. The van der Waals surface area contributed by atoms with Crippen molar-refractivity contribution in [2.24, 2.45) is 0 Å². The van der Waals surface area contributed by atoms with E-state index in [9.17, 15) is 0 Å². The lowest BCUT2D eigenvalue weighted by molar-refractivity contribution is 0.819. The lowest BCUT2D eigenvalue weighted by atomic mass is 10.3. The van der Waals surface area contributed by atoms with Crippen LogP contribution in [0.1, 0.15) is 31.3 Å². The summed E-state index contributed by atoms with van der Waals surface area (Å²) in [5.74, 6) is 2.39. The average molecular weight is 226 g/mol. The van der Waals surface area contributed by atoms with Gasteiger partial charge in [0.15, 0.2) is 0 Å². The van der Waals surface area contributed by atoms with E-state index in [1.54, 1.807) is 0 Å². The molecule has 1 aromatic heterocycles. The Morgan fingerprint density at radius 1 is 1.47 bits per heavy atom. The quantitative estimate of drug-likeness (QED) is 0.801. The van der Waals surface area contributed by atoms with Gasteiger partial charge in [-0.2, -0.15) is 0 Å². The van der Waals surface area contributed by atoms with Crippen LogP contribution in [0.2, 0.25) is 0 Å². The van der Waals surface area contributed by atoms with Gasteiger partial charge in [-0.3, -0.25) is 0 Å². The molecule has 1 aromatic rings. The summed E-state index contributed by atoms with van der Waals surface area (Å²) < 4.78 is 0. The molecule has 1 N–H and O–H groups in total. The number of halogens is 1.